The number of nitrogens with zero attached hydrogens (tertiary/aromatic N) is 2. The summed E-state index contributed by atoms with van der Waals surface area (Å²) in [7, 11) is 0. The molecule has 2 amide bonds. The van der Waals surface area contributed by atoms with Crippen molar-refractivity contribution in [1.82, 2.24) is 10.2 Å². The van der Waals surface area contributed by atoms with Crippen LogP contribution < -0.4 is 10.6 Å². The third-order valence-electron chi connectivity index (χ3n) is 3.99. The monoisotopic (exact) mass is 552 g/mol. The van der Waals surface area contributed by atoms with Crippen LogP contribution in [-0.2, 0) is 21.9 Å². The van der Waals surface area contributed by atoms with Gasteiger partial charge in [0.25, 0.3) is 0 Å². The summed E-state index contributed by atoms with van der Waals surface area (Å²) in [5, 5.41) is 12.5. The Morgan fingerprint density at radius 1 is 0.743 bits per heavy atom. The second-order valence-electron chi connectivity index (χ2n) is 6.66. The van der Waals surface area contributed by atoms with Gasteiger partial charge in [0.1, 0.15) is 0 Å². The summed E-state index contributed by atoms with van der Waals surface area (Å²) in [6.07, 6.45) is -9.06. The minimum Gasteiger partial charge on any atom is -0.325 e. The summed E-state index contributed by atoms with van der Waals surface area (Å²) in [6.45, 7) is 0. The average Bonchev–Trinajstić information content (AvgIpc) is 3.23. The van der Waals surface area contributed by atoms with Crippen LogP contribution in [0.1, 0.15) is 11.1 Å². The molecule has 3 rings (SSSR count). The second-order valence-corrected chi connectivity index (χ2v) is 10.1. The fraction of sp³-hybridized carbons (Fsp3) is 0.200. The van der Waals surface area contributed by atoms with Crippen LogP contribution in [0.4, 0.5) is 37.7 Å². The summed E-state index contributed by atoms with van der Waals surface area (Å²) in [5.74, 6) is -1.35. The Kier molecular flexibility index (Phi) is 8.66. The molecule has 0 fully saturated rings. The Balaban J connectivity index is 1.45. The molecule has 0 radical (unpaired) electrons. The van der Waals surface area contributed by atoms with E-state index in [9.17, 15) is 35.9 Å². The maximum atomic E-state index is 12.8. The molecule has 0 spiro atoms. The lowest BCUT2D eigenvalue weighted by Crippen LogP contribution is -2.15. The van der Waals surface area contributed by atoms with Gasteiger partial charge in [-0.25, -0.2) is 0 Å². The molecule has 0 aliphatic carbocycles. The maximum absolute atomic E-state index is 12.8. The first-order valence-corrected chi connectivity index (χ1v) is 12.2. The number of thioether (sulfide) groups is 2. The van der Waals surface area contributed by atoms with Crippen molar-refractivity contribution in [2.45, 2.75) is 21.0 Å². The smallest absolute Gasteiger partial charge is 0.325 e. The molecule has 1 aromatic heterocycles. The van der Waals surface area contributed by atoms with Gasteiger partial charge in [-0.3, -0.25) is 9.59 Å². The van der Waals surface area contributed by atoms with Crippen molar-refractivity contribution in [3.05, 3.63) is 59.7 Å². The summed E-state index contributed by atoms with van der Waals surface area (Å²) in [6, 6.07) is 8.48. The van der Waals surface area contributed by atoms with Crippen molar-refractivity contribution in [2.24, 2.45) is 0 Å². The number of rotatable bonds is 8. The Morgan fingerprint density at radius 2 is 1.14 bits per heavy atom. The van der Waals surface area contributed by atoms with E-state index in [1.54, 1.807) is 0 Å². The highest BCUT2D eigenvalue weighted by Crippen LogP contribution is 2.32. The summed E-state index contributed by atoms with van der Waals surface area (Å²) < 4.78 is 77.3. The van der Waals surface area contributed by atoms with E-state index in [-0.39, 0.29) is 22.9 Å². The zero-order valence-electron chi connectivity index (χ0n) is 17.2. The highest BCUT2D eigenvalue weighted by atomic mass is 32.2. The SMILES string of the molecule is O=C(CSc1nnc(SCC(=O)Nc2cccc(C(F)(F)F)c2)s1)Nc1cccc(C(F)(F)F)c1. The zero-order chi connectivity index (χ0) is 25.6. The van der Waals surface area contributed by atoms with Crippen molar-refractivity contribution in [3.8, 4) is 0 Å². The van der Waals surface area contributed by atoms with E-state index in [2.05, 4.69) is 20.8 Å². The van der Waals surface area contributed by atoms with Crippen LogP contribution in [0.3, 0.4) is 0 Å². The third-order valence-corrected chi connectivity index (χ3v) is 7.18. The number of aromatic nitrogens is 2. The molecule has 0 saturated carbocycles. The average molecular weight is 553 g/mol. The fourth-order valence-corrected chi connectivity index (χ4v) is 5.13. The van der Waals surface area contributed by atoms with Crippen LogP contribution in [0.25, 0.3) is 0 Å². The van der Waals surface area contributed by atoms with Crippen molar-refractivity contribution in [3.63, 3.8) is 0 Å². The largest absolute Gasteiger partial charge is 0.416 e. The van der Waals surface area contributed by atoms with Crippen molar-refractivity contribution in [1.29, 1.82) is 0 Å². The van der Waals surface area contributed by atoms with Gasteiger partial charge in [-0.05, 0) is 36.4 Å². The molecule has 6 nitrogen and oxygen atoms in total. The van der Waals surface area contributed by atoms with Gasteiger partial charge in [-0.2, -0.15) is 26.3 Å². The van der Waals surface area contributed by atoms with Crippen LogP contribution in [-0.4, -0.2) is 33.5 Å². The Labute approximate surface area is 206 Å². The predicted molar refractivity (Wildman–Crippen MR) is 122 cm³/mol. The topological polar surface area (TPSA) is 84.0 Å². The third kappa shape index (κ3) is 8.43. The zero-order valence-corrected chi connectivity index (χ0v) is 19.7. The first kappa shape index (κ1) is 26.8. The summed E-state index contributed by atoms with van der Waals surface area (Å²) >= 11 is 3.11. The molecule has 35 heavy (non-hydrogen) atoms. The molecule has 0 saturated heterocycles. The maximum Gasteiger partial charge on any atom is 0.416 e. The lowest BCUT2D eigenvalue weighted by molar-refractivity contribution is -0.138. The van der Waals surface area contributed by atoms with E-state index >= 15 is 0 Å². The normalized spacial score (nSPS) is 11.8. The van der Waals surface area contributed by atoms with E-state index in [1.165, 1.54) is 24.3 Å². The summed E-state index contributed by atoms with van der Waals surface area (Å²) in [4.78, 5) is 24.1. The van der Waals surface area contributed by atoms with Crippen LogP contribution in [0.15, 0.2) is 57.2 Å². The number of hydrogen-bond donors (Lipinski definition) is 2. The van der Waals surface area contributed by atoms with E-state index in [1.807, 2.05) is 0 Å². The molecule has 0 aliphatic heterocycles. The van der Waals surface area contributed by atoms with Gasteiger partial charge in [0, 0.05) is 11.4 Å². The van der Waals surface area contributed by atoms with Crippen molar-refractivity contribution < 1.29 is 35.9 Å². The number of benzene rings is 2. The van der Waals surface area contributed by atoms with Gasteiger partial charge in [0.15, 0.2) is 8.68 Å². The summed E-state index contributed by atoms with van der Waals surface area (Å²) in [5.41, 5.74) is -1.76. The highest BCUT2D eigenvalue weighted by molar-refractivity contribution is 8.03. The van der Waals surface area contributed by atoms with Crippen LogP contribution in [0, 0.1) is 0 Å². The first-order valence-electron chi connectivity index (χ1n) is 9.43. The van der Waals surface area contributed by atoms with Gasteiger partial charge >= 0.3 is 12.4 Å². The van der Waals surface area contributed by atoms with Crippen LogP contribution >= 0.6 is 34.9 Å². The van der Waals surface area contributed by atoms with Crippen LogP contribution in [0.2, 0.25) is 0 Å². The molecule has 0 aliphatic rings. The van der Waals surface area contributed by atoms with Crippen molar-refractivity contribution >= 4 is 58.0 Å². The molecule has 2 N–H and O–H groups in total. The molecule has 2 aromatic carbocycles. The lowest BCUT2D eigenvalue weighted by atomic mass is 10.2. The molecule has 0 atom stereocenters. The van der Waals surface area contributed by atoms with Gasteiger partial charge < -0.3 is 10.6 Å². The molecule has 3 aromatic rings. The number of alkyl halides is 6. The molecule has 1 heterocycles. The van der Waals surface area contributed by atoms with E-state index in [0.717, 1.165) is 59.1 Å². The highest BCUT2D eigenvalue weighted by Gasteiger charge is 2.31. The van der Waals surface area contributed by atoms with Crippen LogP contribution in [0.5, 0.6) is 0 Å². The molecule has 0 bridgehead atoms. The molecule has 0 unspecified atom stereocenters. The first-order chi connectivity index (χ1) is 16.4. The standard InChI is InChI=1S/C20H14F6N4O2S3/c21-19(22,23)11-3-1-5-13(7-11)27-15(31)9-33-17-29-30-18(35-17)34-10-16(32)28-14-6-2-4-12(8-14)20(24,25)26/h1-8H,9-10H2,(H,27,31)(H,28,32). The number of carbonyl (C=O) groups excluding carboxylic acids is 2. The lowest BCUT2D eigenvalue weighted by Gasteiger charge is -2.09. The minimum atomic E-state index is -4.53. The van der Waals surface area contributed by atoms with Gasteiger partial charge in [0.2, 0.25) is 11.8 Å². The van der Waals surface area contributed by atoms with Gasteiger partial charge in [-0.15, -0.1) is 10.2 Å². The van der Waals surface area contributed by atoms with Gasteiger partial charge in [0.05, 0.1) is 22.6 Å². The van der Waals surface area contributed by atoms with Gasteiger partial charge in [-0.1, -0.05) is 47.0 Å². The predicted octanol–water partition coefficient (Wildman–Crippen LogP) is 6.04. The molecular formula is C20H14F6N4O2S3. The Morgan fingerprint density at radius 3 is 1.51 bits per heavy atom. The van der Waals surface area contributed by atoms with E-state index in [0.29, 0.717) is 8.68 Å². The second kappa shape index (κ2) is 11.3. The quantitative estimate of drug-likeness (QED) is 0.262. The van der Waals surface area contributed by atoms with E-state index < -0.39 is 35.3 Å². The number of hydrogen-bond acceptors (Lipinski definition) is 7. The molecule has 15 heteroatoms. The van der Waals surface area contributed by atoms with Crippen molar-refractivity contribution in [2.75, 3.05) is 22.1 Å². The number of anilines is 2. The van der Waals surface area contributed by atoms with E-state index in [4.69, 9.17) is 0 Å². The Hall–Kier alpha value is -2.78. The molecule has 186 valence electrons. The number of carbonyl (C=O) groups is 2. The minimum absolute atomic E-state index is 0.00529. The molecular weight excluding hydrogens is 538 g/mol. The number of halogens is 6. The fourth-order valence-electron chi connectivity index (χ4n) is 2.51. The Bertz CT molecular complexity index is 1110. The number of amides is 2. The number of nitrogens with one attached hydrogen (secondary N) is 2.